The predicted molar refractivity (Wildman–Crippen MR) is 115 cm³/mol. The van der Waals surface area contributed by atoms with Crippen LogP contribution in [0.15, 0.2) is 5.38 Å². The summed E-state index contributed by atoms with van der Waals surface area (Å²) in [5.74, 6) is 0.280. The number of nitrogens with two attached hydrogens (primary N) is 1. The van der Waals surface area contributed by atoms with Gasteiger partial charge in [-0.05, 0) is 26.7 Å². The highest BCUT2D eigenvalue weighted by atomic mass is 35.5. The summed E-state index contributed by atoms with van der Waals surface area (Å²) in [5.41, 5.74) is 7.21. The molecule has 1 aromatic heterocycles. The molecule has 0 radical (unpaired) electrons. The van der Waals surface area contributed by atoms with Gasteiger partial charge in [0.2, 0.25) is 5.91 Å². The monoisotopic (exact) mass is 444 g/mol. The van der Waals surface area contributed by atoms with Crippen LogP contribution in [0.2, 0.25) is 0 Å². The molecule has 1 saturated carbocycles. The van der Waals surface area contributed by atoms with Crippen molar-refractivity contribution in [3.8, 4) is 0 Å². The SMILES string of the molecule is Cc1nc(CN2CCN(C(=O)C3CCCCC3(C)N)CC2)cs1.Cl.Cl.Cl. The molecule has 2 atom stereocenters. The van der Waals surface area contributed by atoms with Gasteiger partial charge < -0.3 is 10.6 Å². The fraction of sp³-hybridized carbons (Fsp3) is 0.765. The van der Waals surface area contributed by atoms with Gasteiger partial charge in [-0.1, -0.05) is 12.8 Å². The molecule has 3 rings (SSSR count). The molecule has 1 aliphatic heterocycles. The zero-order chi connectivity index (χ0) is 16.4. The quantitative estimate of drug-likeness (QED) is 0.775. The molecule has 1 aliphatic carbocycles. The average Bonchev–Trinajstić information content (AvgIpc) is 2.92. The van der Waals surface area contributed by atoms with Gasteiger partial charge in [0.25, 0.3) is 0 Å². The lowest BCUT2D eigenvalue weighted by molar-refractivity contribution is -0.140. The Labute approximate surface area is 179 Å². The van der Waals surface area contributed by atoms with E-state index in [1.165, 1.54) is 0 Å². The van der Waals surface area contributed by atoms with Crippen molar-refractivity contribution in [1.29, 1.82) is 0 Å². The Morgan fingerprint density at radius 1 is 1.27 bits per heavy atom. The van der Waals surface area contributed by atoms with Crippen molar-refractivity contribution in [2.24, 2.45) is 11.7 Å². The van der Waals surface area contributed by atoms with E-state index < -0.39 is 0 Å². The number of amides is 1. The summed E-state index contributed by atoms with van der Waals surface area (Å²) in [4.78, 5) is 21.8. The van der Waals surface area contributed by atoms with Crippen LogP contribution in [-0.4, -0.2) is 52.4 Å². The minimum absolute atomic E-state index is 0. The van der Waals surface area contributed by atoms with E-state index in [4.69, 9.17) is 5.73 Å². The van der Waals surface area contributed by atoms with E-state index in [0.29, 0.717) is 0 Å². The minimum atomic E-state index is -0.329. The van der Waals surface area contributed by atoms with E-state index in [1.807, 2.05) is 11.8 Å². The van der Waals surface area contributed by atoms with Gasteiger partial charge in [-0.25, -0.2) is 4.98 Å². The number of piperazine rings is 1. The molecule has 5 nitrogen and oxygen atoms in total. The summed E-state index contributed by atoms with van der Waals surface area (Å²) in [6.45, 7) is 8.47. The standard InChI is InChI=1S/C17H28N4OS.3ClH/c1-13-19-14(12-23-13)11-20-7-9-21(10-8-20)16(22)15-5-3-4-6-17(15,2)18;;;/h12,15H,3-11,18H2,1-2H3;3*1H. The molecule has 2 aliphatic rings. The summed E-state index contributed by atoms with van der Waals surface area (Å²) in [6.07, 6.45) is 4.20. The molecule has 0 aromatic carbocycles. The minimum Gasteiger partial charge on any atom is -0.340 e. The van der Waals surface area contributed by atoms with Gasteiger partial charge in [0, 0.05) is 43.6 Å². The van der Waals surface area contributed by atoms with Crippen LogP contribution < -0.4 is 5.73 Å². The number of thiazole rings is 1. The van der Waals surface area contributed by atoms with Crippen LogP contribution in [0.1, 0.15) is 43.3 Å². The Kier molecular flexibility index (Phi) is 11.0. The summed E-state index contributed by atoms with van der Waals surface area (Å²) < 4.78 is 0. The number of halogens is 3. The molecule has 0 spiro atoms. The summed E-state index contributed by atoms with van der Waals surface area (Å²) >= 11 is 1.70. The lowest BCUT2D eigenvalue weighted by atomic mass is 9.74. The fourth-order valence-electron chi connectivity index (χ4n) is 3.82. The van der Waals surface area contributed by atoms with Crippen LogP contribution in [0.25, 0.3) is 0 Å². The van der Waals surface area contributed by atoms with Crippen molar-refractivity contribution < 1.29 is 4.79 Å². The van der Waals surface area contributed by atoms with Gasteiger partial charge in [-0.3, -0.25) is 9.69 Å². The maximum absolute atomic E-state index is 12.9. The normalized spacial score (nSPS) is 26.3. The molecule has 1 amide bonds. The Balaban J connectivity index is 0.00000208. The first-order chi connectivity index (χ1) is 11.0. The molecule has 2 fully saturated rings. The first-order valence-corrected chi connectivity index (χ1v) is 9.55. The van der Waals surface area contributed by atoms with Crippen LogP contribution in [0.5, 0.6) is 0 Å². The Bertz CT molecular complexity index is 562. The number of aryl methyl sites for hydroxylation is 1. The molecule has 9 heteroatoms. The smallest absolute Gasteiger partial charge is 0.227 e. The third-order valence-corrected chi connectivity index (χ3v) is 6.11. The van der Waals surface area contributed by atoms with Crippen LogP contribution >= 0.6 is 48.6 Å². The first kappa shape index (κ1) is 25.9. The van der Waals surface area contributed by atoms with Gasteiger partial charge >= 0.3 is 0 Å². The second-order valence-corrected chi connectivity index (χ2v) is 8.33. The molecule has 2 heterocycles. The van der Waals surface area contributed by atoms with Gasteiger partial charge in [-0.2, -0.15) is 0 Å². The zero-order valence-corrected chi connectivity index (χ0v) is 18.7. The molecular formula is C17H31Cl3N4OS. The number of hydrogen-bond donors (Lipinski definition) is 1. The molecule has 2 N–H and O–H groups in total. The van der Waals surface area contributed by atoms with Gasteiger partial charge in [0.1, 0.15) is 0 Å². The van der Waals surface area contributed by atoms with E-state index in [0.717, 1.165) is 69.1 Å². The number of aromatic nitrogens is 1. The topological polar surface area (TPSA) is 62.5 Å². The van der Waals surface area contributed by atoms with E-state index in [2.05, 4.69) is 22.2 Å². The molecule has 26 heavy (non-hydrogen) atoms. The third kappa shape index (κ3) is 6.21. The maximum atomic E-state index is 12.9. The second kappa shape index (κ2) is 11.0. The first-order valence-electron chi connectivity index (χ1n) is 8.67. The molecule has 0 bridgehead atoms. The average molecular weight is 446 g/mol. The van der Waals surface area contributed by atoms with Crippen molar-refractivity contribution in [2.75, 3.05) is 26.2 Å². The maximum Gasteiger partial charge on any atom is 0.227 e. The molecule has 1 aromatic rings. The number of hydrogen-bond acceptors (Lipinski definition) is 5. The number of carbonyl (C=O) groups is 1. The highest BCUT2D eigenvalue weighted by molar-refractivity contribution is 7.09. The molecule has 2 unspecified atom stereocenters. The van der Waals surface area contributed by atoms with E-state index in [1.54, 1.807) is 11.3 Å². The van der Waals surface area contributed by atoms with Crippen LogP contribution in [0.4, 0.5) is 0 Å². The van der Waals surface area contributed by atoms with Crippen molar-refractivity contribution >= 4 is 54.5 Å². The van der Waals surface area contributed by atoms with Gasteiger partial charge in [0.05, 0.1) is 16.6 Å². The van der Waals surface area contributed by atoms with Crippen LogP contribution in [0, 0.1) is 12.8 Å². The van der Waals surface area contributed by atoms with Crippen LogP contribution in [-0.2, 0) is 11.3 Å². The summed E-state index contributed by atoms with van der Waals surface area (Å²) in [7, 11) is 0. The van der Waals surface area contributed by atoms with Crippen molar-refractivity contribution in [2.45, 2.75) is 51.6 Å². The van der Waals surface area contributed by atoms with Crippen molar-refractivity contribution in [3.05, 3.63) is 16.1 Å². The molecule has 152 valence electrons. The van der Waals surface area contributed by atoms with Crippen molar-refractivity contribution in [3.63, 3.8) is 0 Å². The summed E-state index contributed by atoms with van der Waals surface area (Å²) in [5, 5.41) is 3.25. The van der Waals surface area contributed by atoms with E-state index >= 15 is 0 Å². The molecule has 1 saturated heterocycles. The highest BCUT2D eigenvalue weighted by Gasteiger charge is 2.40. The second-order valence-electron chi connectivity index (χ2n) is 7.26. The molecular weight excluding hydrogens is 415 g/mol. The van der Waals surface area contributed by atoms with Gasteiger partial charge in [0.15, 0.2) is 0 Å². The van der Waals surface area contributed by atoms with E-state index in [-0.39, 0.29) is 54.6 Å². The third-order valence-electron chi connectivity index (χ3n) is 5.29. The fourth-order valence-corrected chi connectivity index (χ4v) is 4.42. The predicted octanol–water partition coefficient (Wildman–Crippen LogP) is 3.27. The van der Waals surface area contributed by atoms with Crippen molar-refractivity contribution in [1.82, 2.24) is 14.8 Å². The number of carbonyl (C=O) groups excluding carboxylic acids is 1. The Morgan fingerprint density at radius 3 is 2.46 bits per heavy atom. The largest absolute Gasteiger partial charge is 0.340 e. The number of nitrogens with zero attached hydrogens (tertiary/aromatic N) is 3. The van der Waals surface area contributed by atoms with Crippen LogP contribution in [0.3, 0.4) is 0 Å². The Hall–Kier alpha value is -0.110. The number of rotatable bonds is 3. The summed E-state index contributed by atoms with van der Waals surface area (Å²) in [6, 6.07) is 0. The van der Waals surface area contributed by atoms with E-state index in [9.17, 15) is 4.79 Å². The van der Waals surface area contributed by atoms with Gasteiger partial charge in [-0.15, -0.1) is 48.6 Å². The lowest BCUT2D eigenvalue weighted by Crippen LogP contribution is -2.57. The zero-order valence-electron chi connectivity index (χ0n) is 15.5. The lowest BCUT2D eigenvalue weighted by Gasteiger charge is -2.42. The highest BCUT2D eigenvalue weighted by Crippen LogP contribution is 2.33. The Morgan fingerprint density at radius 2 is 1.92 bits per heavy atom.